The highest BCUT2D eigenvalue weighted by Crippen LogP contribution is 2.19. The predicted octanol–water partition coefficient (Wildman–Crippen LogP) is 2.52. The van der Waals surface area contributed by atoms with Crippen molar-refractivity contribution in [1.29, 1.82) is 0 Å². The van der Waals surface area contributed by atoms with Gasteiger partial charge in [-0.3, -0.25) is 9.36 Å². The second-order valence-corrected chi connectivity index (χ2v) is 4.33. The van der Waals surface area contributed by atoms with Gasteiger partial charge >= 0.3 is 0 Å². The van der Waals surface area contributed by atoms with Crippen LogP contribution < -0.4 is 5.56 Å². The molecule has 0 N–H and O–H groups in total. The predicted molar refractivity (Wildman–Crippen MR) is 69.7 cm³/mol. The third-order valence-corrected chi connectivity index (χ3v) is 3.26. The van der Waals surface area contributed by atoms with Gasteiger partial charge in [0.25, 0.3) is 5.56 Å². The Morgan fingerprint density at radius 1 is 1.53 bits per heavy atom. The lowest BCUT2D eigenvalue weighted by atomic mass is 10.2. The maximum atomic E-state index is 11.9. The molecule has 2 rings (SSSR count). The Kier molecular flexibility index (Phi) is 2.97. The number of para-hydroxylation sites is 1. The number of halogens is 2. The van der Waals surface area contributed by atoms with Gasteiger partial charge in [0.05, 0.1) is 20.4 Å². The molecule has 1 aromatic heterocycles. The van der Waals surface area contributed by atoms with Crippen molar-refractivity contribution in [3.05, 3.63) is 39.4 Å². The van der Waals surface area contributed by atoms with Crippen LogP contribution in [-0.4, -0.2) is 9.55 Å². The van der Waals surface area contributed by atoms with Crippen LogP contribution in [0.1, 0.15) is 5.82 Å². The Labute approximate surface area is 105 Å². The Morgan fingerprint density at radius 3 is 2.93 bits per heavy atom. The van der Waals surface area contributed by atoms with Gasteiger partial charge in [-0.25, -0.2) is 4.98 Å². The van der Waals surface area contributed by atoms with Gasteiger partial charge in [0, 0.05) is 7.05 Å². The lowest BCUT2D eigenvalue weighted by Gasteiger charge is -2.07. The fraction of sp³-hybridized carbons (Fsp3) is 0.200. The van der Waals surface area contributed by atoms with Crippen molar-refractivity contribution in [2.75, 3.05) is 0 Å². The average molecular weight is 335 g/mol. The Balaban J connectivity index is 2.98. The van der Waals surface area contributed by atoms with Crippen molar-refractivity contribution in [3.63, 3.8) is 0 Å². The highest BCUT2D eigenvalue weighted by Gasteiger charge is 2.08. The molecule has 1 heterocycles. The molecule has 5 heteroatoms. The quantitative estimate of drug-likeness (QED) is 0.593. The second kappa shape index (κ2) is 4.09. The first-order valence-corrected chi connectivity index (χ1v) is 6.25. The third-order valence-electron chi connectivity index (χ3n) is 2.27. The Bertz CT molecular complexity index is 579. The number of fused-ring (bicyclic) bond motifs is 1. The summed E-state index contributed by atoms with van der Waals surface area (Å²) in [5.74, 6) is 0.737. The number of hydrogen-bond donors (Lipinski definition) is 0. The van der Waals surface area contributed by atoms with Crippen molar-refractivity contribution < 1.29 is 0 Å². The second-order valence-electron chi connectivity index (χ2n) is 3.16. The lowest BCUT2D eigenvalue weighted by Crippen LogP contribution is -2.21. The highest BCUT2D eigenvalue weighted by atomic mass is 127. The molecule has 0 aliphatic rings. The van der Waals surface area contributed by atoms with Gasteiger partial charge in [-0.15, -0.1) is 0 Å². The number of aromatic nitrogens is 2. The van der Waals surface area contributed by atoms with Gasteiger partial charge in [0.15, 0.2) is 0 Å². The minimum atomic E-state index is -0.0471. The normalized spacial score (nSPS) is 10.9. The summed E-state index contributed by atoms with van der Waals surface area (Å²) < 4.78 is 2.25. The molecule has 0 saturated carbocycles. The summed E-state index contributed by atoms with van der Waals surface area (Å²) in [7, 11) is 1.73. The summed E-state index contributed by atoms with van der Waals surface area (Å²) in [4.78, 5) is 16.3. The highest BCUT2D eigenvalue weighted by molar-refractivity contribution is 14.1. The molecule has 0 unspecified atom stereocenters. The van der Waals surface area contributed by atoms with E-state index in [0.717, 1.165) is 5.82 Å². The summed E-state index contributed by atoms with van der Waals surface area (Å²) in [6.07, 6.45) is 0. The van der Waals surface area contributed by atoms with E-state index in [4.69, 9.17) is 11.6 Å². The lowest BCUT2D eigenvalue weighted by molar-refractivity contribution is 0.790. The maximum Gasteiger partial charge on any atom is 0.261 e. The number of nitrogens with zero attached hydrogens (tertiary/aromatic N) is 2. The van der Waals surface area contributed by atoms with Crippen molar-refractivity contribution >= 4 is 45.1 Å². The van der Waals surface area contributed by atoms with Gasteiger partial charge in [-0.1, -0.05) is 40.3 Å². The van der Waals surface area contributed by atoms with E-state index < -0.39 is 0 Å². The van der Waals surface area contributed by atoms with Crippen LogP contribution in [0.15, 0.2) is 23.0 Å². The van der Waals surface area contributed by atoms with Crippen LogP contribution in [0.4, 0.5) is 0 Å². The SMILES string of the molecule is Cn1c(CI)nc2c(Cl)cccc2c1=O. The molecule has 1 aromatic carbocycles. The first-order chi connectivity index (χ1) is 7.15. The molecule has 15 heavy (non-hydrogen) atoms. The van der Waals surface area contributed by atoms with Crippen LogP contribution in [-0.2, 0) is 11.5 Å². The van der Waals surface area contributed by atoms with Crippen molar-refractivity contribution in [3.8, 4) is 0 Å². The monoisotopic (exact) mass is 334 g/mol. The number of benzene rings is 1. The molecular formula is C10H8ClIN2O. The van der Waals surface area contributed by atoms with Crippen LogP contribution in [0.3, 0.4) is 0 Å². The van der Waals surface area contributed by atoms with Crippen LogP contribution in [0.2, 0.25) is 5.02 Å². The van der Waals surface area contributed by atoms with Gasteiger partial charge in [0.2, 0.25) is 0 Å². The zero-order chi connectivity index (χ0) is 11.0. The van der Waals surface area contributed by atoms with Gasteiger partial charge in [0.1, 0.15) is 5.82 Å². The van der Waals surface area contributed by atoms with E-state index in [1.165, 1.54) is 0 Å². The molecule has 2 aromatic rings. The molecule has 0 spiro atoms. The maximum absolute atomic E-state index is 11.9. The Hall–Kier alpha value is -0.620. The summed E-state index contributed by atoms with van der Waals surface area (Å²) in [5.41, 5.74) is 0.545. The van der Waals surface area contributed by atoms with Gasteiger partial charge in [-0.05, 0) is 12.1 Å². The molecule has 0 bridgehead atoms. The van der Waals surface area contributed by atoms with Crippen molar-refractivity contribution in [2.24, 2.45) is 7.05 Å². The van der Waals surface area contributed by atoms with E-state index in [9.17, 15) is 4.79 Å². The van der Waals surface area contributed by atoms with E-state index >= 15 is 0 Å². The van der Waals surface area contributed by atoms with Crippen molar-refractivity contribution in [1.82, 2.24) is 9.55 Å². The summed E-state index contributed by atoms with van der Waals surface area (Å²) >= 11 is 8.17. The molecule has 0 amide bonds. The summed E-state index contributed by atoms with van der Waals surface area (Å²) in [5, 5.41) is 1.09. The molecule has 0 aliphatic heterocycles. The van der Waals surface area contributed by atoms with Crippen LogP contribution in [0.5, 0.6) is 0 Å². The summed E-state index contributed by atoms with van der Waals surface area (Å²) in [6, 6.07) is 5.25. The first kappa shape index (κ1) is 10.9. The first-order valence-electron chi connectivity index (χ1n) is 4.35. The molecule has 0 radical (unpaired) electrons. The fourth-order valence-corrected chi connectivity index (χ4v) is 2.32. The van der Waals surface area contributed by atoms with Crippen LogP contribution in [0.25, 0.3) is 10.9 Å². The van der Waals surface area contributed by atoms with Crippen LogP contribution >= 0.6 is 34.2 Å². The van der Waals surface area contributed by atoms with Crippen LogP contribution in [0, 0.1) is 0 Å². The molecule has 0 aliphatic carbocycles. The molecule has 0 fully saturated rings. The number of rotatable bonds is 1. The largest absolute Gasteiger partial charge is 0.299 e. The number of hydrogen-bond acceptors (Lipinski definition) is 2. The van der Waals surface area contributed by atoms with Gasteiger partial charge in [-0.2, -0.15) is 0 Å². The van der Waals surface area contributed by atoms with E-state index in [-0.39, 0.29) is 5.56 Å². The van der Waals surface area contributed by atoms with E-state index in [1.807, 2.05) is 0 Å². The summed E-state index contributed by atoms with van der Waals surface area (Å²) in [6.45, 7) is 0. The van der Waals surface area contributed by atoms with Gasteiger partial charge < -0.3 is 0 Å². The molecular weight excluding hydrogens is 326 g/mol. The Morgan fingerprint density at radius 2 is 2.27 bits per heavy atom. The molecule has 3 nitrogen and oxygen atoms in total. The molecule has 0 saturated heterocycles. The fourth-order valence-electron chi connectivity index (χ4n) is 1.42. The zero-order valence-electron chi connectivity index (χ0n) is 8.00. The zero-order valence-corrected chi connectivity index (χ0v) is 10.9. The average Bonchev–Trinajstić information content (AvgIpc) is 2.24. The number of alkyl halides is 1. The topological polar surface area (TPSA) is 34.9 Å². The smallest absolute Gasteiger partial charge is 0.261 e. The third kappa shape index (κ3) is 1.76. The standard InChI is InChI=1S/C10H8ClIN2O/c1-14-8(5-12)13-9-6(10(14)15)3-2-4-7(9)11/h2-4H,5H2,1H3. The van der Waals surface area contributed by atoms with E-state index in [1.54, 1.807) is 29.8 Å². The van der Waals surface area contributed by atoms with Crippen molar-refractivity contribution in [2.45, 2.75) is 4.43 Å². The van der Waals surface area contributed by atoms with E-state index in [2.05, 4.69) is 27.6 Å². The van der Waals surface area contributed by atoms with E-state index in [0.29, 0.717) is 20.4 Å². The minimum absolute atomic E-state index is 0.0471. The molecule has 78 valence electrons. The minimum Gasteiger partial charge on any atom is -0.299 e. The molecule has 0 atom stereocenters.